The summed E-state index contributed by atoms with van der Waals surface area (Å²) in [6.07, 6.45) is 1.45. The van der Waals surface area contributed by atoms with Gasteiger partial charge in [-0.15, -0.1) is 0 Å². The van der Waals surface area contributed by atoms with Crippen molar-refractivity contribution < 1.29 is 4.79 Å². The molecule has 1 aliphatic rings. The zero-order chi connectivity index (χ0) is 9.42. The van der Waals surface area contributed by atoms with Crippen LogP contribution in [0.3, 0.4) is 0 Å². The maximum Gasteiger partial charge on any atom is 0.134 e. The molecule has 68 valence electrons. The second kappa shape index (κ2) is 3.26. The summed E-state index contributed by atoms with van der Waals surface area (Å²) in [4.78, 5) is 10.9. The highest BCUT2D eigenvalue weighted by molar-refractivity contribution is 9.10. The lowest BCUT2D eigenvalue weighted by Gasteiger charge is -2.25. The molecule has 0 aliphatic heterocycles. The maximum atomic E-state index is 10.9. The van der Waals surface area contributed by atoms with E-state index in [1.165, 1.54) is 11.1 Å². The minimum atomic E-state index is 0.387. The van der Waals surface area contributed by atoms with E-state index < -0.39 is 0 Å². The monoisotopic (exact) mass is 238 g/mol. The summed E-state index contributed by atoms with van der Waals surface area (Å²) >= 11 is 3.51. The third-order valence-corrected chi connectivity index (χ3v) is 3.26. The van der Waals surface area contributed by atoms with Gasteiger partial charge >= 0.3 is 0 Å². The molecular formula is C11H11BrO. The molecule has 1 aromatic carbocycles. The number of carbonyl (C=O) groups excluding carboxylic acids is 1. The predicted octanol–water partition coefficient (Wildman–Crippen LogP) is 3.20. The number of rotatable bonds is 1. The fourth-order valence-corrected chi connectivity index (χ4v) is 2.26. The minimum absolute atomic E-state index is 0.387. The van der Waals surface area contributed by atoms with Gasteiger partial charge in [0, 0.05) is 17.3 Å². The third kappa shape index (κ3) is 1.68. The predicted molar refractivity (Wildman–Crippen MR) is 55.9 cm³/mol. The zero-order valence-electron chi connectivity index (χ0n) is 7.51. The summed E-state index contributed by atoms with van der Waals surface area (Å²) in [6.45, 7) is 2.08. The molecule has 2 rings (SSSR count). The van der Waals surface area contributed by atoms with Gasteiger partial charge < -0.3 is 0 Å². The first-order valence-electron chi connectivity index (χ1n) is 4.44. The van der Waals surface area contributed by atoms with E-state index in [1.54, 1.807) is 0 Å². The molecule has 1 saturated carbocycles. The largest absolute Gasteiger partial charge is 0.300 e. The average molecular weight is 239 g/mol. The van der Waals surface area contributed by atoms with Crippen LogP contribution in [0.5, 0.6) is 0 Å². The molecule has 0 spiro atoms. The van der Waals surface area contributed by atoms with E-state index in [0.29, 0.717) is 11.7 Å². The second-order valence-corrected chi connectivity index (χ2v) is 4.52. The Labute approximate surface area is 86.3 Å². The number of carbonyl (C=O) groups is 1. The summed E-state index contributed by atoms with van der Waals surface area (Å²) in [5.41, 5.74) is 2.55. The van der Waals surface area contributed by atoms with Crippen molar-refractivity contribution in [1.82, 2.24) is 0 Å². The number of Topliss-reactive ketones (excluding diaryl/α,β-unsaturated/α-hetero) is 1. The molecule has 0 amide bonds. The van der Waals surface area contributed by atoms with E-state index in [-0.39, 0.29) is 0 Å². The van der Waals surface area contributed by atoms with Crippen LogP contribution in [0.2, 0.25) is 0 Å². The molecule has 0 saturated heterocycles. The van der Waals surface area contributed by atoms with E-state index in [1.807, 2.05) is 0 Å². The lowest BCUT2D eigenvalue weighted by Crippen LogP contribution is -2.21. The van der Waals surface area contributed by atoms with Crippen LogP contribution in [0.4, 0.5) is 0 Å². The molecule has 0 heterocycles. The molecule has 0 radical (unpaired) electrons. The van der Waals surface area contributed by atoms with Crippen LogP contribution >= 0.6 is 15.9 Å². The maximum absolute atomic E-state index is 10.9. The van der Waals surface area contributed by atoms with E-state index in [9.17, 15) is 4.79 Å². The lowest BCUT2D eigenvalue weighted by atomic mass is 9.78. The molecule has 2 heteroatoms. The average Bonchev–Trinajstić information content (AvgIpc) is 2.04. The van der Waals surface area contributed by atoms with Crippen LogP contribution in [-0.4, -0.2) is 5.78 Å². The van der Waals surface area contributed by atoms with E-state index in [0.717, 1.165) is 17.3 Å². The van der Waals surface area contributed by atoms with Gasteiger partial charge in [0.1, 0.15) is 5.78 Å². The van der Waals surface area contributed by atoms with Crippen molar-refractivity contribution in [3.63, 3.8) is 0 Å². The number of halogens is 1. The van der Waals surface area contributed by atoms with Gasteiger partial charge in [0.05, 0.1) is 0 Å². The molecular weight excluding hydrogens is 228 g/mol. The number of aryl methyl sites for hydroxylation is 1. The van der Waals surface area contributed by atoms with Crippen LogP contribution in [0.25, 0.3) is 0 Å². The van der Waals surface area contributed by atoms with E-state index in [4.69, 9.17) is 0 Å². The quantitative estimate of drug-likeness (QED) is 0.735. The number of ketones is 1. The summed E-state index contributed by atoms with van der Waals surface area (Å²) in [6, 6.07) is 6.31. The van der Waals surface area contributed by atoms with E-state index in [2.05, 4.69) is 41.1 Å². The summed E-state index contributed by atoms with van der Waals surface area (Å²) in [7, 11) is 0. The van der Waals surface area contributed by atoms with E-state index >= 15 is 0 Å². The standard InChI is InChI=1S/C11H11BrO/c1-7-2-3-11(12)10(4-7)8-5-9(13)6-8/h2-4,8H,5-6H2,1H3. The van der Waals surface area contributed by atoms with Crippen LogP contribution in [-0.2, 0) is 4.79 Å². The van der Waals surface area contributed by atoms with Crippen molar-refractivity contribution in [3.8, 4) is 0 Å². The first kappa shape index (κ1) is 8.95. The van der Waals surface area contributed by atoms with Gasteiger partial charge in [0.15, 0.2) is 0 Å². The van der Waals surface area contributed by atoms with Gasteiger partial charge in [-0.1, -0.05) is 33.6 Å². The van der Waals surface area contributed by atoms with Crippen molar-refractivity contribution in [3.05, 3.63) is 33.8 Å². The fraction of sp³-hybridized carbons (Fsp3) is 0.364. The molecule has 13 heavy (non-hydrogen) atoms. The molecule has 0 bridgehead atoms. The highest BCUT2D eigenvalue weighted by Crippen LogP contribution is 2.37. The third-order valence-electron chi connectivity index (χ3n) is 2.54. The van der Waals surface area contributed by atoms with Gasteiger partial charge in [-0.25, -0.2) is 0 Å². The van der Waals surface area contributed by atoms with Crippen LogP contribution in [0, 0.1) is 6.92 Å². The van der Waals surface area contributed by atoms with Crippen molar-refractivity contribution in [2.75, 3.05) is 0 Å². The van der Waals surface area contributed by atoms with Crippen molar-refractivity contribution >= 4 is 21.7 Å². The SMILES string of the molecule is Cc1ccc(Br)c(C2CC(=O)C2)c1. The Hall–Kier alpha value is -0.630. The summed E-state index contributed by atoms with van der Waals surface area (Å²) < 4.78 is 1.13. The molecule has 0 N–H and O–H groups in total. The molecule has 0 atom stereocenters. The Morgan fingerprint density at radius 1 is 1.38 bits per heavy atom. The smallest absolute Gasteiger partial charge is 0.134 e. The minimum Gasteiger partial charge on any atom is -0.300 e. The van der Waals surface area contributed by atoms with Crippen molar-refractivity contribution in [1.29, 1.82) is 0 Å². The zero-order valence-corrected chi connectivity index (χ0v) is 9.10. The highest BCUT2D eigenvalue weighted by Gasteiger charge is 2.29. The van der Waals surface area contributed by atoms with Gasteiger partial charge in [-0.05, 0) is 24.5 Å². The Morgan fingerprint density at radius 3 is 2.69 bits per heavy atom. The Kier molecular flexibility index (Phi) is 2.24. The lowest BCUT2D eigenvalue weighted by molar-refractivity contribution is -0.124. The number of benzene rings is 1. The first-order valence-corrected chi connectivity index (χ1v) is 5.24. The topological polar surface area (TPSA) is 17.1 Å². The van der Waals surface area contributed by atoms with Crippen molar-refractivity contribution in [2.24, 2.45) is 0 Å². The first-order chi connectivity index (χ1) is 6.16. The Bertz CT molecular complexity index is 349. The highest BCUT2D eigenvalue weighted by atomic mass is 79.9. The molecule has 0 unspecified atom stereocenters. The summed E-state index contributed by atoms with van der Waals surface area (Å²) in [5.74, 6) is 0.847. The van der Waals surface area contributed by atoms with Gasteiger partial charge in [-0.3, -0.25) is 4.79 Å². The molecule has 1 nitrogen and oxygen atoms in total. The Morgan fingerprint density at radius 2 is 2.08 bits per heavy atom. The number of hydrogen-bond acceptors (Lipinski definition) is 1. The molecule has 1 aromatic rings. The van der Waals surface area contributed by atoms with Gasteiger partial charge in [0.25, 0.3) is 0 Å². The van der Waals surface area contributed by atoms with Crippen molar-refractivity contribution in [2.45, 2.75) is 25.7 Å². The fourth-order valence-electron chi connectivity index (χ4n) is 1.69. The van der Waals surface area contributed by atoms with Crippen LogP contribution in [0.15, 0.2) is 22.7 Å². The molecule has 1 aliphatic carbocycles. The normalized spacial score (nSPS) is 17.2. The van der Waals surface area contributed by atoms with Crippen LogP contribution < -0.4 is 0 Å². The second-order valence-electron chi connectivity index (χ2n) is 3.67. The Balaban J connectivity index is 2.29. The molecule has 0 aromatic heterocycles. The van der Waals surface area contributed by atoms with Crippen LogP contribution in [0.1, 0.15) is 29.9 Å². The summed E-state index contributed by atoms with van der Waals surface area (Å²) in [5, 5.41) is 0. The molecule has 1 fully saturated rings. The van der Waals surface area contributed by atoms with Gasteiger partial charge in [0.2, 0.25) is 0 Å². The number of hydrogen-bond donors (Lipinski definition) is 0. The van der Waals surface area contributed by atoms with Gasteiger partial charge in [-0.2, -0.15) is 0 Å².